The summed E-state index contributed by atoms with van der Waals surface area (Å²) in [4.78, 5) is 21.6. The molecule has 1 fully saturated rings. The third-order valence-corrected chi connectivity index (χ3v) is 7.93. The standard InChI is InChI=1S/C22H26ClF2N3O5S.ClH/c1-13(29)33-8-2-3-22(30)4-6-28(7-5-22)21-15-11-34(31,32)12-19(15)26-20(27-21)14-9-18(25)16(23)10-17(14)24;/h9-10,30-32H,2-8,11-12H2,1H3;1H. The molecule has 35 heavy (non-hydrogen) atoms. The van der Waals surface area contributed by atoms with Crippen LogP contribution in [0.25, 0.3) is 11.4 Å². The first-order chi connectivity index (χ1) is 16.0. The molecule has 3 heterocycles. The van der Waals surface area contributed by atoms with E-state index in [2.05, 4.69) is 9.97 Å². The molecule has 2 aliphatic heterocycles. The zero-order valence-electron chi connectivity index (χ0n) is 19.0. The summed E-state index contributed by atoms with van der Waals surface area (Å²) >= 11 is 5.67. The molecule has 0 aliphatic carbocycles. The minimum Gasteiger partial charge on any atom is -0.466 e. The number of aromatic nitrogens is 2. The minimum atomic E-state index is -2.94. The predicted octanol–water partition coefficient (Wildman–Crippen LogP) is 4.94. The summed E-state index contributed by atoms with van der Waals surface area (Å²) in [5, 5.41) is 10.6. The Labute approximate surface area is 214 Å². The number of hydrogen-bond donors (Lipinski definition) is 3. The molecular weight excluding hydrogens is 527 g/mol. The lowest BCUT2D eigenvalue weighted by Crippen LogP contribution is -2.45. The average Bonchev–Trinajstić information content (AvgIpc) is 3.07. The molecule has 0 radical (unpaired) electrons. The molecule has 0 saturated carbocycles. The maximum absolute atomic E-state index is 14.6. The molecule has 0 bridgehead atoms. The maximum atomic E-state index is 14.6. The number of nitrogens with zero attached hydrogens (tertiary/aromatic N) is 3. The van der Waals surface area contributed by atoms with Gasteiger partial charge in [-0.2, -0.15) is 10.6 Å². The summed E-state index contributed by atoms with van der Waals surface area (Å²) in [6.07, 6.45) is 1.84. The molecule has 4 rings (SSSR count). The highest BCUT2D eigenvalue weighted by molar-refractivity contribution is 8.23. The number of benzene rings is 1. The van der Waals surface area contributed by atoms with Crippen molar-refractivity contribution in [3.05, 3.63) is 40.0 Å². The van der Waals surface area contributed by atoms with Crippen molar-refractivity contribution in [1.29, 1.82) is 0 Å². The Morgan fingerprint density at radius 2 is 1.89 bits per heavy atom. The van der Waals surface area contributed by atoms with Crippen molar-refractivity contribution in [3.8, 4) is 11.4 Å². The van der Waals surface area contributed by atoms with Crippen LogP contribution in [0.5, 0.6) is 0 Å². The third-order valence-electron chi connectivity index (χ3n) is 6.15. The van der Waals surface area contributed by atoms with Gasteiger partial charge in [-0.05, 0) is 37.8 Å². The number of halogens is 4. The Kier molecular flexibility index (Phi) is 8.50. The molecule has 0 amide bonds. The van der Waals surface area contributed by atoms with Gasteiger partial charge < -0.3 is 14.7 Å². The van der Waals surface area contributed by atoms with Gasteiger partial charge in [0.15, 0.2) is 5.82 Å². The highest BCUT2D eigenvalue weighted by Crippen LogP contribution is 2.54. The van der Waals surface area contributed by atoms with Crippen LogP contribution in [0.4, 0.5) is 14.6 Å². The average molecular weight is 554 g/mol. The maximum Gasteiger partial charge on any atom is 0.302 e. The van der Waals surface area contributed by atoms with E-state index < -0.39 is 27.8 Å². The van der Waals surface area contributed by atoms with Crippen LogP contribution in [0.1, 0.15) is 43.9 Å². The first-order valence-electron chi connectivity index (χ1n) is 10.9. The van der Waals surface area contributed by atoms with Crippen LogP contribution in [-0.2, 0) is 21.0 Å². The fourth-order valence-corrected chi connectivity index (χ4v) is 6.05. The number of carbonyl (C=O) groups is 1. The van der Waals surface area contributed by atoms with Crippen LogP contribution in [0.3, 0.4) is 0 Å². The number of piperidine rings is 1. The zero-order valence-corrected chi connectivity index (χ0v) is 21.4. The largest absolute Gasteiger partial charge is 0.466 e. The molecule has 1 aromatic heterocycles. The predicted molar refractivity (Wildman–Crippen MR) is 132 cm³/mol. The molecule has 1 aromatic carbocycles. The second kappa shape index (κ2) is 10.7. The Bertz CT molecular complexity index is 1120. The van der Waals surface area contributed by atoms with E-state index in [9.17, 15) is 27.8 Å². The van der Waals surface area contributed by atoms with Gasteiger partial charge in [-0.1, -0.05) is 11.6 Å². The highest BCUT2D eigenvalue weighted by atomic mass is 35.5. The third kappa shape index (κ3) is 6.33. The van der Waals surface area contributed by atoms with E-state index >= 15 is 0 Å². The number of carbonyl (C=O) groups excluding carboxylic acids is 1. The summed E-state index contributed by atoms with van der Waals surface area (Å²) < 4.78 is 54.2. The van der Waals surface area contributed by atoms with Gasteiger partial charge in [0.2, 0.25) is 0 Å². The van der Waals surface area contributed by atoms with E-state index in [0.29, 0.717) is 55.8 Å². The minimum absolute atomic E-state index is 0. The van der Waals surface area contributed by atoms with Crippen molar-refractivity contribution in [2.24, 2.45) is 0 Å². The van der Waals surface area contributed by atoms with E-state index in [-0.39, 0.29) is 52.9 Å². The SMILES string of the molecule is CC(=O)OCCCC1(O)CCN(c2nc(-c3cc(F)c(Cl)cc3F)nc3c2CS(O)(O)C3)CC1.Cl. The van der Waals surface area contributed by atoms with Gasteiger partial charge in [-0.3, -0.25) is 13.9 Å². The van der Waals surface area contributed by atoms with Crippen molar-refractivity contribution in [2.75, 3.05) is 24.6 Å². The quantitative estimate of drug-likeness (QED) is 0.262. The summed E-state index contributed by atoms with van der Waals surface area (Å²) in [5.41, 5.74) is -0.145. The van der Waals surface area contributed by atoms with E-state index in [0.717, 1.165) is 12.1 Å². The first kappa shape index (κ1) is 27.8. The molecule has 13 heteroatoms. The summed E-state index contributed by atoms with van der Waals surface area (Å²) in [7, 11) is -2.94. The van der Waals surface area contributed by atoms with Gasteiger partial charge in [0.1, 0.15) is 17.5 Å². The van der Waals surface area contributed by atoms with Gasteiger partial charge in [-0.25, -0.2) is 18.7 Å². The fourth-order valence-electron chi connectivity index (χ4n) is 4.36. The Morgan fingerprint density at radius 1 is 1.20 bits per heavy atom. The molecule has 0 spiro atoms. The molecule has 2 aromatic rings. The number of ether oxygens (including phenoxy) is 1. The van der Waals surface area contributed by atoms with Crippen LogP contribution in [0.15, 0.2) is 12.1 Å². The van der Waals surface area contributed by atoms with Crippen LogP contribution in [0, 0.1) is 11.6 Å². The number of esters is 1. The Hall–Kier alpha value is -1.76. The van der Waals surface area contributed by atoms with Gasteiger partial charge in [0.05, 0.1) is 40.0 Å². The topological polar surface area (TPSA) is 116 Å². The zero-order chi connectivity index (χ0) is 24.7. The number of aliphatic hydroxyl groups is 1. The van der Waals surface area contributed by atoms with Crippen molar-refractivity contribution >= 4 is 46.4 Å². The molecule has 0 unspecified atom stereocenters. The van der Waals surface area contributed by atoms with Gasteiger partial charge in [0, 0.05) is 25.6 Å². The lowest BCUT2D eigenvalue weighted by molar-refractivity contribution is -0.141. The molecule has 8 nitrogen and oxygen atoms in total. The number of anilines is 1. The van der Waals surface area contributed by atoms with Crippen molar-refractivity contribution in [3.63, 3.8) is 0 Å². The highest BCUT2D eigenvalue weighted by Gasteiger charge is 2.37. The van der Waals surface area contributed by atoms with Crippen molar-refractivity contribution in [1.82, 2.24) is 9.97 Å². The first-order valence-corrected chi connectivity index (χ1v) is 13.1. The van der Waals surface area contributed by atoms with E-state index in [1.807, 2.05) is 4.90 Å². The van der Waals surface area contributed by atoms with Crippen molar-refractivity contribution in [2.45, 2.75) is 49.7 Å². The summed E-state index contributed by atoms with van der Waals surface area (Å²) in [6, 6.07) is 1.78. The van der Waals surface area contributed by atoms with E-state index in [1.165, 1.54) is 6.92 Å². The smallest absolute Gasteiger partial charge is 0.302 e. The van der Waals surface area contributed by atoms with Gasteiger partial charge in [-0.15, -0.1) is 12.4 Å². The second-order valence-corrected chi connectivity index (χ2v) is 11.4. The second-order valence-electron chi connectivity index (χ2n) is 8.79. The van der Waals surface area contributed by atoms with Crippen LogP contribution < -0.4 is 4.90 Å². The molecule has 0 atom stereocenters. The normalized spacial score (nSPS) is 19.0. The molecule has 3 N–H and O–H groups in total. The molecule has 194 valence electrons. The van der Waals surface area contributed by atoms with Gasteiger partial charge >= 0.3 is 5.97 Å². The van der Waals surface area contributed by atoms with Crippen LogP contribution in [0.2, 0.25) is 5.02 Å². The lowest BCUT2D eigenvalue weighted by atomic mass is 9.87. The fraction of sp³-hybridized carbons (Fsp3) is 0.500. The van der Waals surface area contributed by atoms with Crippen LogP contribution >= 0.6 is 34.6 Å². The number of hydrogen-bond acceptors (Lipinski definition) is 8. The van der Waals surface area contributed by atoms with Gasteiger partial charge in [0.25, 0.3) is 0 Å². The number of rotatable bonds is 6. The molecular formula is C22H27Cl2F2N3O5S. The van der Waals surface area contributed by atoms with Crippen LogP contribution in [-0.4, -0.2) is 55.4 Å². The monoisotopic (exact) mass is 553 g/mol. The van der Waals surface area contributed by atoms with E-state index in [1.54, 1.807) is 0 Å². The molecule has 2 aliphatic rings. The Balaban J connectivity index is 0.00000342. The van der Waals surface area contributed by atoms with E-state index in [4.69, 9.17) is 16.3 Å². The number of fused-ring (bicyclic) bond motifs is 1. The molecule has 1 saturated heterocycles. The lowest BCUT2D eigenvalue weighted by Gasteiger charge is -2.39. The summed E-state index contributed by atoms with van der Waals surface area (Å²) in [6.45, 7) is 2.42. The summed E-state index contributed by atoms with van der Waals surface area (Å²) in [5.74, 6) is -1.71. The van der Waals surface area contributed by atoms with Crippen molar-refractivity contribution < 1.29 is 32.5 Å². The Morgan fingerprint density at radius 3 is 2.54 bits per heavy atom.